The van der Waals surface area contributed by atoms with Gasteiger partial charge in [-0.25, -0.2) is 13.1 Å². The first-order valence-corrected chi connectivity index (χ1v) is 10.2. The molecule has 0 aliphatic carbocycles. The third kappa shape index (κ3) is 6.77. The summed E-state index contributed by atoms with van der Waals surface area (Å²) in [6.07, 6.45) is 0. The molecule has 1 unspecified atom stereocenters. The molecule has 0 aliphatic rings. The Hall–Kier alpha value is -2.56. The minimum absolute atomic E-state index is 0.00543. The lowest BCUT2D eigenvalue weighted by atomic mass is 10.1. The molecule has 10 heteroatoms. The molecule has 2 aromatic rings. The minimum atomic E-state index is -3.69. The number of carbonyl (C=O) groups excluding carboxylic acids is 1. The Morgan fingerprint density at radius 1 is 1.14 bits per heavy atom. The Morgan fingerprint density at radius 2 is 1.83 bits per heavy atom. The highest BCUT2D eigenvalue weighted by atomic mass is 32.2. The first-order chi connectivity index (χ1) is 13.7. The van der Waals surface area contributed by atoms with Crippen LogP contribution < -0.4 is 14.8 Å². The van der Waals surface area contributed by atoms with Crippen molar-refractivity contribution in [3.8, 4) is 5.75 Å². The van der Waals surface area contributed by atoms with Crippen LogP contribution in [0.3, 0.4) is 0 Å². The van der Waals surface area contributed by atoms with E-state index in [1.54, 1.807) is 19.1 Å². The molecule has 2 N–H and O–H groups in total. The quantitative estimate of drug-likeness (QED) is 0.568. The summed E-state index contributed by atoms with van der Waals surface area (Å²) >= 11 is 0. The van der Waals surface area contributed by atoms with Crippen molar-refractivity contribution < 1.29 is 31.5 Å². The summed E-state index contributed by atoms with van der Waals surface area (Å²) in [7, 11) is -2.23. The van der Waals surface area contributed by atoms with Gasteiger partial charge in [-0.1, -0.05) is 12.1 Å². The van der Waals surface area contributed by atoms with Crippen molar-refractivity contribution >= 4 is 15.9 Å². The number of carbonyl (C=O) groups is 1. The number of alkyl halides is 2. The predicted molar refractivity (Wildman–Crippen MR) is 102 cm³/mol. The molecule has 1 atom stereocenters. The SMILES string of the molecule is COCCNS(=O)(=O)c1ccc(C(=O)NC(C)c2cccc(OC(F)F)c2)cc1. The first-order valence-electron chi connectivity index (χ1n) is 8.67. The minimum Gasteiger partial charge on any atom is -0.435 e. The van der Waals surface area contributed by atoms with Crippen molar-refractivity contribution in [3.63, 3.8) is 0 Å². The van der Waals surface area contributed by atoms with Crippen molar-refractivity contribution in [2.24, 2.45) is 0 Å². The average Bonchev–Trinajstić information content (AvgIpc) is 2.68. The van der Waals surface area contributed by atoms with E-state index in [9.17, 15) is 22.0 Å². The highest BCUT2D eigenvalue weighted by molar-refractivity contribution is 7.89. The van der Waals surface area contributed by atoms with Gasteiger partial charge in [0.2, 0.25) is 10.0 Å². The molecule has 29 heavy (non-hydrogen) atoms. The number of amides is 1. The lowest BCUT2D eigenvalue weighted by Gasteiger charge is -2.16. The van der Waals surface area contributed by atoms with Crippen LogP contribution >= 0.6 is 0 Å². The zero-order valence-electron chi connectivity index (χ0n) is 15.9. The van der Waals surface area contributed by atoms with Gasteiger partial charge in [0.05, 0.1) is 17.5 Å². The van der Waals surface area contributed by atoms with Gasteiger partial charge in [0.1, 0.15) is 5.75 Å². The molecule has 1 amide bonds. The summed E-state index contributed by atoms with van der Waals surface area (Å²) in [5, 5.41) is 2.73. The summed E-state index contributed by atoms with van der Waals surface area (Å²) in [6.45, 7) is -0.875. The molecule has 0 saturated carbocycles. The average molecular weight is 428 g/mol. The third-order valence-corrected chi connectivity index (χ3v) is 5.43. The van der Waals surface area contributed by atoms with Gasteiger partial charge in [0, 0.05) is 19.2 Å². The molecule has 0 heterocycles. The molecule has 0 aromatic heterocycles. The molecule has 2 aromatic carbocycles. The van der Waals surface area contributed by atoms with Crippen LogP contribution in [0.25, 0.3) is 0 Å². The van der Waals surface area contributed by atoms with E-state index in [1.807, 2.05) is 0 Å². The van der Waals surface area contributed by atoms with Crippen LogP contribution in [-0.2, 0) is 14.8 Å². The number of rotatable bonds is 10. The van der Waals surface area contributed by atoms with Gasteiger partial charge in [0.25, 0.3) is 5.91 Å². The van der Waals surface area contributed by atoms with Gasteiger partial charge < -0.3 is 14.8 Å². The van der Waals surface area contributed by atoms with Crippen LogP contribution in [-0.4, -0.2) is 41.2 Å². The summed E-state index contributed by atoms with van der Waals surface area (Å²) in [5.74, 6) is -0.442. The molecule has 0 radical (unpaired) electrons. The van der Waals surface area contributed by atoms with E-state index in [1.165, 1.54) is 43.5 Å². The molecule has 0 aliphatic heterocycles. The predicted octanol–water partition coefficient (Wildman–Crippen LogP) is 2.70. The molecular formula is C19H22F2N2O5S. The Bertz CT molecular complexity index is 920. The van der Waals surface area contributed by atoms with Crippen LogP contribution in [0.5, 0.6) is 5.75 Å². The fraction of sp³-hybridized carbons (Fsp3) is 0.316. The molecule has 0 fully saturated rings. The van der Waals surface area contributed by atoms with Crippen LogP contribution in [0.4, 0.5) is 8.78 Å². The Kier molecular flexibility index (Phi) is 8.06. The molecule has 2 rings (SSSR count). The molecule has 7 nitrogen and oxygen atoms in total. The zero-order chi connectivity index (χ0) is 21.4. The van der Waals surface area contributed by atoms with Crippen LogP contribution in [0.15, 0.2) is 53.4 Å². The van der Waals surface area contributed by atoms with Gasteiger partial charge >= 0.3 is 6.61 Å². The second-order valence-corrected chi connectivity index (χ2v) is 7.83. The molecule has 0 spiro atoms. The summed E-state index contributed by atoms with van der Waals surface area (Å²) in [6, 6.07) is 11.0. The molecular weight excluding hydrogens is 406 g/mol. The summed E-state index contributed by atoms with van der Waals surface area (Å²) < 4.78 is 60.5. The van der Waals surface area contributed by atoms with E-state index in [0.717, 1.165) is 0 Å². The lowest BCUT2D eigenvalue weighted by Crippen LogP contribution is -2.28. The maximum Gasteiger partial charge on any atom is 0.387 e. The zero-order valence-corrected chi connectivity index (χ0v) is 16.7. The Balaban J connectivity index is 2.04. The van der Waals surface area contributed by atoms with Crippen molar-refractivity contribution in [1.82, 2.24) is 10.0 Å². The molecule has 0 bridgehead atoms. The second-order valence-electron chi connectivity index (χ2n) is 6.06. The van der Waals surface area contributed by atoms with E-state index in [-0.39, 0.29) is 29.4 Å². The highest BCUT2D eigenvalue weighted by Crippen LogP contribution is 2.21. The van der Waals surface area contributed by atoms with E-state index < -0.39 is 28.6 Å². The van der Waals surface area contributed by atoms with Crippen molar-refractivity contribution in [3.05, 3.63) is 59.7 Å². The topological polar surface area (TPSA) is 93.7 Å². The van der Waals surface area contributed by atoms with Crippen molar-refractivity contribution in [2.45, 2.75) is 24.5 Å². The number of hydrogen-bond acceptors (Lipinski definition) is 5. The number of sulfonamides is 1. The maximum atomic E-state index is 12.4. The normalized spacial score (nSPS) is 12.6. The van der Waals surface area contributed by atoms with E-state index in [2.05, 4.69) is 14.8 Å². The maximum absolute atomic E-state index is 12.4. The van der Waals surface area contributed by atoms with Gasteiger partial charge in [-0.3, -0.25) is 4.79 Å². The van der Waals surface area contributed by atoms with Crippen molar-refractivity contribution in [1.29, 1.82) is 0 Å². The lowest BCUT2D eigenvalue weighted by molar-refractivity contribution is -0.0499. The van der Waals surface area contributed by atoms with Gasteiger partial charge in [0.15, 0.2) is 0 Å². The Labute approximate surface area is 168 Å². The number of benzene rings is 2. The smallest absolute Gasteiger partial charge is 0.387 e. The fourth-order valence-electron chi connectivity index (χ4n) is 2.47. The molecule has 158 valence electrons. The number of nitrogens with one attached hydrogen (secondary N) is 2. The van der Waals surface area contributed by atoms with E-state index in [4.69, 9.17) is 4.74 Å². The summed E-state index contributed by atoms with van der Waals surface area (Å²) in [5.41, 5.74) is 0.839. The Morgan fingerprint density at radius 3 is 2.45 bits per heavy atom. The van der Waals surface area contributed by atoms with Gasteiger partial charge in [-0.2, -0.15) is 8.78 Å². The van der Waals surface area contributed by atoms with Crippen LogP contribution in [0.1, 0.15) is 28.9 Å². The number of ether oxygens (including phenoxy) is 2. The van der Waals surface area contributed by atoms with E-state index >= 15 is 0 Å². The number of hydrogen-bond donors (Lipinski definition) is 2. The second kappa shape index (κ2) is 10.3. The monoisotopic (exact) mass is 428 g/mol. The standard InChI is InChI=1S/C19H22F2N2O5S/c1-13(15-4-3-5-16(12-15)28-19(20)21)23-18(24)14-6-8-17(9-7-14)29(25,26)22-10-11-27-2/h3-9,12-13,19,22H,10-11H2,1-2H3,(H,23,24). The van der Waals surface area contributed by atoms with E-state index in [0.29, 0.717) is 5.56 Å². The third-order valence-electron chi connectivity index (χ3n) is 3.96. The largest absolute Gasteiger partial charge is 0.435 e. The number of methoxy groups -OCH3 is 1. The fourth-order valence-corrected chi connectivity index (χ4v) is 3.48. The van der Waals surface area contributed by atoms with Crippen LogP contribution in [0.2, 0.25) is 0 Å². The number of halogens is 2. The van der Waals surface area contributed by atoms with Gasteiger partial charge in [-0.15, -0.1) is 0 Å². The highest BCUT2D eigenvalue weighted by Gasteiger charge is 2.16. The molecule has 0 saturated heterocycles. The first kappa shape index (κ1) is 22.7. The summed E-state index contributed by atoms with van der Waals surface area (Å²) in [4.78, 5) is 12.4. The van der Waals surface area contributed by atoms with Crippen molar-refractivity contribution in [2.75, 3.05) is 20.3 Å². The van der Waals surface area contributed by atoms with Crippen LogP contribution in [0, 0.1) is 0 Å². The van der Waals surface area contributed by atoms with Gasteiger partial charge in [-0.05, 0) is 48.9 Å².